The quantitative estimate of drug-likeness (QED) is 0.211. The largest absolute Gasteiger partial charge is 0.488 e. The van der Waals surface area contributed by atoms with Crippen LogP contribution in [0.2, 0.25) is 0 Å². The van der Waals surface area contributed by atoms with E-state index in [9.17, 15) is 4.79 Å². The van der Waals surface area contributed by atoms with E-state index in [0.717, 1.165) is 19.0 Å². The van der Waals surface area contributed by atoms with Gasteiger partial charge in [-0.15, -0.1) is 0 Å². The van der Waals surface area contributed by atoms with Crippen molar-refractivity contribution in [1.82, 2.24) is 9.88 Å². The highest BCUT2D eigenvalue weighted by atomic mass is 127. The lowest BCUT2D eigenvalue weighted by atomic mass is 10.1. The molecule has 1 fully saturated rings. The number of halogens is 2. The van der Waals surface area contributed by atoms with Crippen molar-refractivity contribution in [2.75, 3.05) is 26.8 Å². The van der Waals surface area contributed by atoms with Crippen LogP contribution in [-0.4, -0.2) is 60.6 Å². The van der Waals surface area contributed by atoms with Crippen molar-refractivity contribution in [1.29, 1.82) is 0 Å². The first-order chi connectivity index (χ1) is 18.9. The molecule has 4 rings (SSSR count). The molecule has 0 aliphatic carbocycles. The van der Waals surface area contributed by atoms with Gasteiger partial charge in [-0.1, -0.05) is 30.3 Å². The second-order valence-corrected chi connectivity index (χ2v) is 12.8. The Balaban J connectivity index is 1.69. The SMILES string of the molecule is CO[C@@H](C)COc1cc(O[C@H]2CCN(C(=O)OC(C)(C)C)C2)c2cc(I)c(Br)c(O[C@@H](C)c3ccccc3)c2n1. The van der Waals surface area contributed by atoms with Gasteiger partial charge >= 0.3 is 6.09 Å². The van der Waals surface area contributed by atoms with Crippen LogP contribution < -0.4 is 14.2 Å². The minimum absolute atomic E-state index is 0.114. The Morgan fingerprint density at radius 1 is 1.20 bits per heavy atom. The highest BCUT2D eigenvalue weighted by Crippen LogP contribution is 2.43. The summed E-state index contributed by atoms with van der Waals surface area (Å²) in [6.45, 7) is 10.8. The van der Waals surface area contributed by atoms with Gasteiger partial charge in [-0.3, -0.25) is 0 Å². The molecule has 0 radical (unpaired) electrons. The summed E-state index contributed by atoms with van der Waals surface area (Å²) < 4.78 is 31.8. The van der Waals surface area contributed by atoms with E-state index >= 15 is 0 Å². The molecule has 1 saturated heterocycles. The molecule has 0 unspecified atom stereocenters. The predicted molar refractivity (Wildman–Crippen MR) is 166 cm³/mol. The fourth-order valence-corrected chi connectivity index (χ4v) is 5.19. The topological polar surface area (TPSA) is 79.4 Å². The number of rotatable bonds is 9. The lowest BCUT2D eigenvalue weighted by molar-refractivity contribution is 0.0276. The molecule has 2 heterocycles. The van der Waals surface area contributed by atoms with Gasteiger partial charge in [0.15, 0.2) is 5.75 Å². The Hall–Kier alpha value is -2.31. The standard InChI is InChI=1S/C30H36BrIN2O6/c1-18(36-6)17-37-25-15-24(39-21-12-13-34(16-21)29(35)40-30(3,4)5)22-14-23(32)26(31)28(27(22)33-25)38-19(2)20-10-8-7-9-11-20/h7-11,14-15,18-19,21H,12-13,16-17H2,1-6H3/t18-,19-,21-/m0/s1. The van der Waals surface area contributed by atoms with Crippen LogP contribution in [0.1, 0.15) is 52.7 Å². The Morgan fingerprint density at radius 3 is 2.60 bits per heavy atom. The van der Waals surface area contributed by atoms with E-state index in [2.05, 4.69) is 38.5 Å². The summed E-state index contributed by atoms with van der Waals surface area (Å²) in [7, 11) is 1.64. The van der Waals surface area contributed by atoms with Crippen LogP contribution in [0, 0.1) is 3.57 Å². The molecule has 0 spiro atoms. The van der Waals surface area contributed by atoms with Gasteiger partial charge in [0.25, 0.3) is 0 Å². The van der Waals surface area contributed by atoms with Crippen LogP contribution >= 0.6 is 38.5 Å². The molecule has 10 heteroatoms. The van der Waals surface area contributed by atoms with Crippen molar-refractivity contribution in [3.63, 3.8) is 0 Å². The number of nitrogens with zero attached hydrogens (tertiary/aromatic N) is 2. The first-order valence-electron chi connectivity index (χ1n) is 13.3. The van der Waals surface area contributed by atoms with Crippen LogP contribution in [0.15, 0.2) is 46.9 Å². The number of ether oxygens (including phenoxy) is 5. The summed E-state index contributed by atoms with van der Waals surface area (Å²) >= 11 is 6.01. The van der Waals surface area contributed by atoms with Crippen LogP contribution in [0.3, 0.4) is 0 Å². The van der Waals surface area contributed by atoms with Crippen molar-refractivity contribution in [3.8, 4) is 17.4 Å². The first kappa shape index (κ1) is 30.6. The zero-order valence-electron chi connectivity index (χ0n) is 23.7. The lowest BCUT2D eigenvalue weighted by Gasteiger charge is -2.24. The molecule has 40 heavy (non-hydrogen) atoms. The summed E-state index contributed by atoms with van der Waals surface area (Å²) in [5.41, 5.74) is 1.11. The zero-order chi connectivity index (χ0) is 29.0. The molecule has 3 aromatic rings. The number of aromatic nitrogens is 1. The number of methoxy groups -OCH3 is 1. The van der Waals surface area contributed by atoms with Crippen molar-refractivity contribution in [2.45, 2.75) is 65.0 Å². The first-order valence-corrected chi connectivity index (χ1v) is 15.2. The third-order valence-electron chi connectivity index (χ3n) is 6.41. The van der Waals surface area contributed by atoms with Crippen molar-refractivity contribution >= 4 is 55.5 Å². The number of carbonyl (C=O) groups excluding carboxylic acids is 1. The highest BCUT2D eigenvalue weighted by molar-refractivity contribution is 14.1. The van der Waals surface area contributed by atoms with Crippen LogP contribution in [0.4, 0.5) is 4.79 Å². The van der Waals surface area contributed by atoms with Crippen molar-refractivity contribution in [2.24, 2.45) is 0 Å². The third kappa shape index (κ3) is 7.70. The summed E-state index contributed by atoms with van der Waals surface area (Å²) in [5, 5.41) is 0.797. The number of hydrogen-bond acceptors (Lipinski definition) is 7. The van der Waals surface area contributed by atoms with Crippen LogP contribution in [-0.2, 0) is 9.47 Å². The molecule has 3 atom stereocenters. The van der Waals surface area contributed by atoms with E-state index in [0.29, 0.717) is 49.0 Å². The maximum Gasteiger partial charge on any atom is 0.410 e. The maximum atomic E-state index is 12.6. The Morgan fingerprint density at radius 2 is 1.93 bits per heavy atom. The Kier molecular flexibility index (Phi) is 10.0. The van der Waals surface area contributed by atoms with E-state index in [-0.39, 0.29) is 24.4 Å². The smallest absolute Gasteiger partial charge is 0.410 e. The number of benzene rings is 2. The van der Waals surface area contributed by atoms with Gasteiger partial charge < -0.3 is 28.6 Å². The molecule has 1 aliphatic rings. The molecule has 1 aliphatic heterocycles. The second-order valence-electron chi connectivity index (χ2n) is 10.8. The van der Waals surface area contributed by atoms with Gasteiger partial charge in [0.1, 0.15) is 35.7 Å². The minimum atomic E-state index is -0.555. The number of hydrogen-bond donors (Lipinski definition) is 0. The van der Waals surface area contributed by atoms with Crippen molar-refractivity contribution in [3.05, 3.63) is 56.1 Å². The molecule has 0 N–H and O–H groups in total. The van der Waals surface area contributed by atoms with E-state index in [1.807, 2.05) is 71.0 Å². The van der Waals surface area contributed by atoms with Gasteiger partial charge in [0, 0.05) is 35.1 Å². The average molecular weight is 727 g/mol. The highest BCUT2D eigenvalue weighted by Gasteiger charge is 2.32. The average Bonchev–Trinajstić information content (AvgIpc) is 3.38. The molecule has 0 saturated carbocycles. The molecular weight excluding hydrogens is 691 g/mol. The van der Waals surface area contributed by atoms with E-state index in [1.54, 1.807) is 18.1 Å². The summed E-state index contributed by atoms with van der Waals surface area (Å²) in [6, 6.07) is 13.9. The monoisotopic (exact) mass is 726 g/mol. The number of fused-ring (bicyclic) bond motifs is 1. The second kappa shape index (κ2) is 13.1. The summed E-state index contributed by atoms with van der Waals surface area (Å²) in [4.78, 5) is 19.2. The molecule has 216 valence electrons. The normalized spacial score (nSPS) is 17.0. The molecule has 1 aromatic heterocycles. The van der Waals surface area contributed by atoms with Crippen LogP contribution in [0.25, 0.3) is 10.9 Å². The lowest BCUT2D eigenvalue weighted by Crippen LogP contribution is -2.36. The minimum Gasteiger partial charge on any atom is -0.488 e. The maximum absolute atomic E-state index is 12.6. The molecule has 8 nitrogen and oxygen atoms in total. The number of amides is 1. The predicted octanol–water partition coefficient (Wildman–Crippen LogP) is 7.54. The van der Waals surface area contributed by atoms with Crippen molar-refractivity contribution < 1.29 is 28.5 Å². The Labute approximate surface area is 257 Å². The fraction of sp³-hybridized carbons (Fsp3) is 0.467. The Bertz CT molecular complexity index is 1330. The molecule has 2 aromatic carbocycles. The van der Waals surface area contributed by atoms with E-state index in [4.69, 9.17) is 28.7 Å². The van der Waals surface area contributed by atoms with Crippen LogP contribution in [0.5, 0.6) is 17.4 Å². The number of likely N-dealkylation sites (tertiary alicyclic amines) is 1. The van der Waals surface area contributed by atoms with Gasteiger partial charge in [0.2, 0.25) is 5.88 Å². The number of pyridine rings is 1. The zero-order valence-corrected chi connectivity index (χ0v) is 27.4. The molecule has 0 bridgehead atoms. The van der Waals surface area contributed by atoms with E-state index < -0.39 is 5.60 Å². The van der Waals surface area contributed by atoms with Gasteiger partial charge in [0.05, 0.1) is 17.1 Å². The van der Waals surface area contributed by atoms with Gasteiger partial charge in [-0.2, -0.15) is 0 Å². The third-order valence-corrected chi connectivity index (χ3v) is 8.79. The molecule has 1 amide bonds. The summed E-state index contributed by atoms with van der Waals surface area (Å²) in [6.07, 6.45) is -0.198. The fourth-order valence-electron chi connectivity index (χ4n) is 4.24. The van der Waals surface area contributed by atoms with Gasteiger partial charge in [-0.25, -0.2) is 9.78 Å². The molecular formula is C30H36BrIN2O6. The van der Waals surface area contributed by atoms with E-state index in [1.165, 1.54) is 0 Å². The van der Waals surface area contributed by atoms with Gasteiger partial charge in [-0.05, 0) is 84.8 Å². The number of carbonyl (C=O) groups is 1. The summed E-state index contributed by atoms with van der Waals surface area (Å²) in [5.74, 6) is 1.62.